The van der Waals surface area contributed by atoms with Crippen molar-refractivity contribution in [1.82, 2.24) is 9.97 Å². The first-order valence-electron chi connectivity index (χ1n) is 12.6. The van der Waals surface area contributed by atoms with E-state index in [9.17, 15) is 19.8 Å². The molecule has 0 saturated heterocycles. The largest absolute Gasteiger partial charge is 2.00 e. The Labute approximate surface area is 267 Å². The van der Waals surface area contributed by atoms with Crippen LogP contribution in [0.2, 0.25) is 0 Å². The van der Waals surface area contributed by atoms with Crippen molar-refractivity contribution in [3.8, 4) is 23.0 Å². The van der Waals surface area contributed by atoms with Gasteiger partial charge in [-0.2, -0.15) is 0 Å². The number of aromatic nitrogens is 2. The summed E-state index contributed by atoms with van der Waals surface area (Å²) in [5, 5.41) is 21.4. The van der Waals surface area contributed by atoms with Gasteiger partial charge in [0.1, 0.15) is 0 Å². The Balaban J connectivity index is 0.000000338. The van der Waals surface area contributed by atoms with Crippen LogP contribution in [0.25, 0.3) is 34.0 Å². The zero-order chi connectivity index (χ0) is 29.2. The summed E-state index contributed by atoms with van der Waals surface area (Å²) >= 11 is 0. The SMILES string of the molecule is COc1cc(/C=C/C(=O)CC(=O)/C=C/c2ccc(O)c(OC)c2)ccc1O.[Cl-].[Zn+2].c1cnc2c(c1)ccc1cccnc12. The van der Waals surface area contributed by atoms with Crippen LogP contribution in [-0.2, 0) is 29.1 Å². The van der Waals surface area contributed by atoms with Crippen molar-refractivity contribution in [1.29, 1.82) is 0 Å². The number of nitrogens with zero attached hydrogens (tertiary/aromatic N) is 2. The molecule has 8 nitrogen and oxygen atoms in total. The first-order valence-corrected chi connectivity index (χ1v) is 12.6. The molecule has 0 atom stereocenters. The number of ketones is 2. The van der Waals surface area contributed by atoms with E-state index in [2.05, 4.69) is 34.2 Å². The zero-order valence-corrected chi connectivity index (χ0v) is 27.3. The Bertz CT molecular complexity index is 1650. The molecule has 0 bridgehead atoms. The van der Waals surface area contributed by atoms with Crippen LogP contribution in [0, 0.1) is 0 Å². The quantitative estimate of drug-likeness (QED) is 0.114. The van der Waals surface area contributed by atoms with Crippen molar-refractivity contribution in [3.05, 3.63) is 108 Å². The van der Waals surface area contributed by atoms with Gasteiger partial charge >= 0.3 is 19.5 Å². The Morgan fingerprint density at radius 3 is 1.51 bits per heavy atom. The average molecular weight is 649 g/mol. The Kier molecular flexibility index (Phi) is 13.5. The van der Waals surface area contributed by atoms with Crippen molar-refractivity contribution < 1.29 is 61.2 Å². The number of aromatic hydroxyl groups is 2. The van der Waals surface area contributed by atoms with Gasteiger partial charge in [-0.3, -0.25) is 19.6 Å². The van der Waals surface area contributed by atoms with E-state index >= 15 is 0 Å². The van der Waals surface area contributed by atoms with Crippen LogP contribution in [0.4, 0.5) is 0 Å². The third kappa shape index (κ3) is 9.46. The van der Waals surface area contributed by atoms with Crippen LogP contribution >= 0.6 is 0 Å². The van der Waals surface area contributed by atoms with Gasteiger partial charge < -0.3 is 32.1 Å². The number of carbonyl (C=O) groups is 2. The average Bonchev–Trinajstić information content (AvgIpc) is 3.00. The van der Waals surface area contributed by atoms with Crippen LogP contribution in [0.15, 0.2) is 97.3 Å². The number of phenols is 2. The molecule has 0 aliphatic heterocycles. The van der Waals surface area contributed by atoms with Gasteiger partial charge in [0, 0.05) is 23.2 Å². The van der Waals surface area contributed by atoms with E-state index in [1.807, 2.05) is 12.1 Å². The molecule has 43 heavy (non-hydrogen) atoms. The van der Waals surface area contributed by atoms with Crippen molar-refractivity contribution in [2.45, 2.75) is 6.42 Å². The summed E-state index contributed by atoms with van der Waals surface area (Å²) in [6.07, 6.45) is 9.05. The molecule has 2 aromatic heterocycles. The summed E-state index contributed by atoms with van der Waals surface area (Å²) in [7, 11) is 2.87. The Morgan fingerprint density at radius 1 is 0.698 bits per heavy atom. The monoisotopic (exact) mass is 647 g/mol. The maximum Gasteiger partial charge on any atom is 2.00 e. The van der Waals surface area contributed by atoms with E-state index in [0.717, 1.165) is 21.8 Å². The second-order valence-corrected chi connectivity index (χ2v) is 8.85. The van der Waals surface area contributed by atoms with Crippen molar-refractivity contribution in [2.24, 2.45) is 0 Å². The second-order valence-electron chi connectivity index (χ2n) is 8.85. The molecule has 0 fully saturated rings. The summed E-state index contributed by atoms with van der Waals surface area (Å²) in [6, 6.07) is 21.5. The van der Waals surface area contributed by atoms with Gasteiger partial charge in [0.05, 0.1) is 31.7 Å². The third-order valence-corrected chi connectivity index (χ3v) is 6.02. The number of methoxy groups -OCH3 is 2. The number of hydrogen-bond donors (Lipinski definition) is 2. The molecule has 0 unspecified atom stereocenters. The topological polar surface area (TPSA) is 119 Å². The van der Waals surface area contributed by atoms with E-state index < -0.39 is 0 Å². The first-order chi connectivity index (χ1) is 19.9. The van der Waals surface area contributed by atoms with E-state index in [1.165, 1.54) is 38.5 Å². The third-order valence-electron chi connectivity index (χ3n) is 6.02. The molecule has 214 valence electrons. The van der Waals surface area contributed by atoms with Crippen molar-refractivity contribution in [3.63, 3.8) is 0 Å². The molecular formula is C33H28ClN2O6Zn+. The summed E-state index contributed by atoms with van der Waals surface area (Å²) < 4.78 is 10.00. The molecule has 10 heteroatoms. The fourth-order valence-corrected chi connectivity index (χ4v) is 3.94. The number of halogens is 1. The number of allylic oxidation sites excluding steroid dienone is 2. The van der Waals surface area contributed by atoms with E-state index in [-0.39, 0.29) is 61.4 Å². The molecule has 5 aromatic rings. The van der Waals surface area contributed by atoms with E-state index in [4.69, 9.17) is 9.47 Å². The first kappa shape index (κ1) is 34.6. The summed E-state index contributed by atoms with van der Waals surface area (Å²) in [5.41, 5.74) is 3.28. The van der Waals surface area contributed by atoms with E-state index in [0.29, 0.717) is 22.6 Å². The van der Waals surface area contributed by atoms with Gasteiger partial charge in [-0.1, -0.05) is 48.6 Å². The predicted octanol–water partition coefficient (Wildman–Crippen LogP) is 3.15. The van der Waals surface area contributed by atoms with Gasteiger partial charge in [-0.15, -0.1) is 0 Å². The fraction of sp³-hybridized carbons (Fsp3) is 0.0909. The Hall–Kier alpha value is -4.59. The second kappa shape index (κ2) is 16.8. The molecule has 2 N–H and O–H groups in total. The summed E-state index contributed by atoms with van der Waals surface area (Å²) in [6.45, 7) is 0. The molecule has 0 amide bonds. The van der Waals surface area contributed by atoms with Crippen LogP contribution in [0.3, 0.4) is 0 Å². The maximum absolute atomic E-state index is 11.9. The molecule has 0 aliphatic carbocycles. The number of phenolic OH excluding ortho intramolecular Hbond substituents is 2. The smallest absolute Gasteiger partial charge is 1.00 e. The van der Waals surface area contributed by atoms with Crippen LogP contribution in [0.5, 0.6) is 23.0 Å². The Morgan fingerprint density at radius 2 is 1.12 bits per heavy atom. The van der Waals surface area contributed by atoms with Gasteiger partial charge in [0.2, 0.25) is 0 Å². The van der Waals surface area contributed by atoms with Gasteiger partial charge in [0.15, 0.2) is 34.6 Å². The minimum atomic E-state index is -0.347. The minimum Gasteiger partial charge on any atom is -1.00 e. The molecule has 5 rings (SSSR count). The number of rotatable bonds is 8. The number of carbonyl (C=O) groups excluding carboxylic acids is 2. The molecule has 0 aliphatic rings. The van der Waals surface area contributed by atoms with Gasteiger partial charge in [-0.05, 0) is 59.7 Å². The molecule has 3 aromatic carbocycles. The number of hydrogen-bond acceptors (Lipinski definition) is 8. The fourth-order valence-electron chi connectivity index (χ4n) is 3.94. The number of benzene rings is 3. The van der Waals surface area contributed by atoms with Crippen molar-refractivity contribution >= 4 is 45.5 Å². The molecule has 0 spiro atoms. The number of pyridine rings is 2. The van der Waals surface area contributed by atoms with Crippen molar-refractivity contribution in [2.75, 3.05) is 14.2 Å². The maximum atomic E-state index is 11.9. The number of ether oxygens (including phenoxy) is 2. The number of fused-ring (bicyclic) bond motifs is 3. The minimum absolute atomic E-state index is 0. The molecular weight excluding hydrogens is 621 g/mol. The normalized spacial score (nSPS) is 10.5. The van der Waals surface area contributed by atoms with Crippen LogP contribution in [0.1, 0.15) is 17.5 Å². The summed E-state index contributed by atoms with van der Waals surface area (Å²) in [5.74, 6) is -0.0832. The van der Waals surface area contributed by atoms with Crippen LogP contribution < -0.4 is 21.9 Å². The molecule has 2 heterocycles. The van der Waals surface area contributed by atoms with Crippen LogP contribution in [-0.4, -0.2) is 46.0 Å². The standard InChI is InChI=1S/C21H20O6.C12H8N2.ClH.Zn/c1-26-20-11-14(5-9-18(20)24)3-7-16(22)13-17(23)8-4-15-6-10-19(25)21(12-15)27-2;1-3-9-5-6-10-4-2-8-14-12(10)11(9)13-7-1;;/h3-12,24-25H,13H2,1-2H3;1-8H;1H;/q;;;+2/p-1/b7-3+,8-4+;;;. The molecule has 0 saturated carbocycles. The van der Waals surface area contributed by atoms with Gasteiger partial charge in [0.25, 0.3) is 0 Å². The summed E-state index contributed by atoms with van der Waals surface area (Å²) in [4.78, 5) is 32.6. The molecule has 0 radical (unpaired) electrons. The predicted molar refractivity (Wildman–Crippen MR) is 159 cm³/mol. The zero-order valence-electron chi connectivity index (χ0n) is 23.6. The van der Waals surface area contributed by atoms with E-state index in [1.54, 1.807) is 48.8 Å². The van der Waals surface area contributed by atoms with Gasteiger partial charge in [-0.25, -0.2) is 0 Å².